The highest BCUT2D eigenvalue weighted by molar-refractivity contribution is 6.05. The van der Waals surface area contributed by atoms with E-state index in [1.165, 1.54) is 0 Å². The van der Waals surface area contributed by atoms with Gasteiger partial charge in [-0.1, -0.05) is 0 Å². The van der Waals surface area contributed by atoms with Crippen LogP contribution in [-0.2, 0) is 0 Å². The summed E-state index contributed by atoms with van der Waals surface area (Å²) in [6.45, 7) is 8.95. The van der Waals surface area contributed by atoms with E-state index in [1.807, 2.05) is 64.2 Å². The number of aromatic nitrogens is 2. The van der Waals surface area contributed by atoms with Crippen LogP contribution in [0.4, 0.5) is 5.69 Å². The summed E-state index contributed by atoms with van der Waals surface area (Å²) in [7, 11) is 0. The standard InChI is InChI=1S/C23H27N3O4/c1-5-28-20-14-17(15-21(29-6-2)22(20)30-7-3)23(27)24-18-8-10-19(11-9-18)26-13-12-16(4)25-26/h8-15H,5-7H2,1-4H3,(H,24,27). The van der Waals surface area contributed by atoms with Crippen LogP contribution in [0.3, 0.4) is 0 Å². The highest BCUT2D eigenvalue weighted by atomic mass is 16.5. The van der Waals surface area contributed by atoms with Crippen LogP contribution in [0.15, 0.2) is 48.7 Å². The van der Waals surface area contributed by atoms with Gasteiger partial charge >= 0.3 is 0 Å². The van der Waals surface area contributed by atoms with Crippen molar-refractivity contribution < 1.29 is 19.0 Å². The molecular weight excluding hydrogens is 382 g/mol. The Hall–Kier alpha value is -3.48. The topological polar surface area (TPSA) is 74.6 Å². The maximum absolute atomic E-state index is 12.9. The zero-order chi connectivity index (χ0) is 21.5. The molecule has 1 aromatic heterocycles. The van der Waals surface area contributed by atoms with Crippen molar-refractivity contribution in [1.82, 2.24) is 9.78 Å². The quantitative estimate of drug-likeness (QED) is 0.558. The van der Waals surface area contributed by atoms with Crippen molar-refractivity contribution in [3.8, 4) is 22.9 Å². The van der Waals surface area contributed by atoms with Crippen molar-refractivity contribution >= 4 is 11.6 Å². The summed E-state index contributed by atoms with van der Waals surface area (Å²) < 4.78 is 18.9. The number of nitrogens with zero attached hydrogens (tertiary/aromatic N) is 2. The second kappa shape index (κ2) is 9.82. The van der Waals surface area contributed by atoms with Gasteiger partial charge in [-0.2, -0.15) is 5.10 Å². The molecule has 0 atom stereocenters. The van der Waals surface area contributed by atoms with Crippen LogP contribution >= 0.6 is 0 Å². The fourth-order valence-electron chi connectivity index (χ4n) is 2.98. The third-order valence-corrected chi connectivity index (χ3v) is 4.28. The first-order valence-corrected chi connectivity index (χ1v) is 10.1. The number of amides is 1. The molecule has 7 heteroatoms. The lowest BCUT2D eigenvalue weighted by atomic mass is 10.1. The summed E-state index contributed by atoms with van der Waals surface area (Å²) in [4.78, 5) is 12.9. The molecule has 7 nitrogen and oxygen atoms in total. The van der Waals surface area contributed by atoms with E-state index < -0.39 is 0 Å². The molecule has 1 N–H and O–H groups in total. The van der Waals surface area contributed by atoms with Crippen molar-refractivity contribution in [2.45, 2.75) is 27.7 Å². The van der Waals surface area contributed by atoms with E-state index in [2.05, 4.69) is 10.4 Å². The SMILES string of the molecule is CCOc1cc(C(=O)Nc2ccc(-n3ccc(C)n3)cc2)cc(OCC)c1OCC. The Labute approximate surface area is 176 Å². The number of carbonyl (C=O) groups is 1. The number of benzene rings is 2. The van der Waals surface area contributed by atoms with Crippen molar-refractivity contribution in [2.24, 2.45) is 0 Å². The second-order valence-corrected chi connectivity index (χ2v) is 6.50. The van der Waals surface area contributed by atoms with Gasteiger partial charge in [0.15, 0.2) is 11.5 Å². The van der Waals surface area contributed by atoms with Gasteiger partial charge in [-0.25, -0.2) is 4.68 Å². The predicted molar refractivity (Wildman–Crippen MR) is 116 cm³/mol. The molecule has 158 valence electrons. The molecule has 30 heavy (non-hydrogen) atoms. The Morgan fingerprint density at radius 3 is 2.03 bits per heavy atom. The first kappa shape index (κ1) is 21.2. The van der Waals surface area contributed by atoms with Crippen molar-refractivity contribution in [3.63, 3.8) is 0 Å². The van der Waals surface area contributed by atoms with Crippen LogP contribution in [0.5, 0.6) is 17.2 Å². The number of aryl methyl sites for hydroxylation is 1. The number of carbonyl (C=O) groups excluding carboxylic acids is 1. The van der Waals surface area contributed by atoms with E-state index in [0.717, 1.165) is 11.4 Å². The molecule has 3 rings (SSSR count). The lowest BCUT2D eigenvalue weighted by molar-refractivity contribution is 0.102. The van der Waals surface area contributed by atoms with Crippen LogP contribution in [0.1, 0.15) is 36.8 Å². The number of rotatable bonds is 9. The molecule has 1 heterocycles. The van der Waals surface area contributed by atoms with E-state index in [0.29, 0.717) is 48.3 Å². The summed E-state index contributed by atoms with van der Waals surface area (Å²) in [6, 6.07) is 12.8. The Balaban J connectivity index is 1.83. The van der Waals surface area contributed by atoms with Crippen LogP contribution < -0.4 is 19.5 Å². The Kier molecular flexibility index (Phi) is 6.95. The van der Waals surface area contributed by atoms with Crippen molar-refractivity contribution in [2.75, 3.05) is 25.1 Å². The van der Waals surface area contributed by atoms with E-state index in [1.54, 1.807) is 16.8 Å². The normalized spacial score (nSPS) is 10.5. The first-order valence-electron chi connectivity index (χ1n) is 10.1. The van der Waals surface area contributed by atoms with Gasteiger partial charge < -0.3 is 19.5 Å². The number of hydrogen-bond donors (Lipinski definition) is 1. The van der Waals surface area contributed by atoms with E-state index >= 15 is 0 Å². The average molecular weight is 409 g/mol. The maximum Gasteiger partial charge on any atom is 0.255 e. The van der Waals surface area contributed by atoms with Crippen molar-refractivity contribution in [3.05, 3.63) is 59.9 Å². The van der Waals surface area contributed by atoms with Crippen LogP contribution in [0, 0.1) is 6.92 Å². The first-order chi connectivity index (χ1) is 14.5. The number of ether oxygens (including phenoxy) is 3. The van der Waals surface area contributed by atoms with Crippen LogP contribution in [0.25, 0.3) is 5.69 Å². The van der Waals surface area contributed by atoms with Gasteiger partial charge in [0, 0.05) is 17.4 Å². The molecule has 0 bridgehead atoms. The second-order valence-electron chi connectivity index (χ2n) is 6.50. The fraction of sp³-hybridized carbons (Fsp3) is 0.304. The summed E-state index contributed by atoms with van der Waals surface area (Å²) in [6.07, 6.45) is 1.90. The molecule has 3 aromatic rings. The minimum atomic E-state index is -0.261. The molecule has 0 aliphatic heterocycles. The van der Waals surface area contributed by atoms with Crippen LogP contribution in [-0.4, -0.2) is 35.5 Å². The minimum absolute atomic E-state index is 0.261. The number of hydrogen-bond acceptors (Lipinski definition) is 5. The van der Waals surface area contributed by atoms with Crippen LogP contribution in [0.2, 0.25) is 0 Å². The van der Waals surface area contributed by atoms with E-state index in [9.17, 15) is 4.79 Å². The van der Waals surface area contributed by atoms with Gasteiger partial charge in [0.25, 0.3) is 5.91 Å². The third-order valence-electron chi connectivity index (χ3n) is 4.28. The largest absolute Gasteiger partial charge is 0.490 e. The highest BCUT2D eigenvalue weighted by Crippen LogP contribution is 2.39. The Morgan fingerprint density at radius 2 is 1.53 bits per heavy atom. The fourth-order valence-corrected chi connectivity index (χ4v) is 2.98. The van der Waals surface area contributed by atoms with Gasteiger partial charge in [0.2, 0.25) is 5.75 Å². The molecule has 0 saturated heterocycles. The molecule has 0 aliphatic carbocycles. The van der Waals surface area contributed by atoms with E-state index in [4.69, 9.17) is 14.2 Å². The highest BCUT2D eigenvalue weighted by Gasteiger charge is 2.18. The van der Waals surface area contributed by atoms with Gasteiger partial charge in [0.1, 0.15) is 0 Å². The molecule has 0 spiro atoms. The zero-order valence-electron chi connectivity index (χ0n) is 17.8. The Bertz CT molecular complexity index is 969. The molecule has 2 aromatic carbocycles. The van der Waals surface area contributed by atoms with Gasteiger partial charge in [-0.05, 0) is 70.2 Å². The number of nitrogens with one attached hydrogen (secondary N) is 1. The summed E-state index contributed by atoms with van der Waals surface area (Å²) in [5.41, 5.74) is 2.96. The van der Waals surface area contributed by atoms with Gasteiger partial charge in [0.05, 0.1) is 31.2 Å². The Morgan fingerprint density at radius 1 is 0.933 bits per heavy atom. The zero-order valence-corrected chi connectivity index (χ0v) is 17.8. The lowest BCUT2D eigenvalue weighted by Crippen LogP contribution is -2.13. The molecule has 0 fully saturated rings. The van der Waals surface area contributed by atoms with E-state index in [-0.39, 0.29) is 5.91 Å². The minimum Gasteiger partial charge on any atom is -0.490 e. The third kappa shape index (κ3) is 4.92. The molecule has 0 unspecified atom stereocenters. The van der Waals surface area contributed by atoms with Gasteiger partial charge in [-0.15, -0.1) is 0 Å². The maximum atomic E-state index is 12.9. The predicted octanol–water partition coefficient (Wildman–Crippen LogP) is 4.63. The molecule has 0 saturated carbocycles. The molecule has 0 radical (unpaired) electrons. The number of anilines is 1. The smallest absolute Gasteiger partial charge is 0.255 e. The lowest BCUT2D eigenvalue weighted by Gasteiger charge is -2.17. The molecule has 1 amide bonds. The summed E-state index contributed by atoms with van der Waals surface area (Å²) in [5.74, 6) is 1.22. The monoisotopic (exact) mass is 409 g/mol. The van der Waals surface area contributed by atoms with Gasteiger partial charge in [-0.3, -0.25) is 4.79 Å². The average Bonchev–Trinajstić information content (AvgIpc) is 3.17. The summed E-state index contributed by atoms with van der Waals surface area (Å²) in [5, 5.41) is 7.30. The van der Waals surface area contributed by atoms with Crippen molar-refractivity contribution in [1.29, 1.82) is 0 Å². The summed E-state index contributed by atoms with van der Waals surface area (Å²) >= 11 is 0. The molecule has 0 aliphatic rings. The molecular formula is C23H27N3O4.